The zero-order valence-electron chi connectivity index (χ0n) is 11.8. The zero-order valence-corrected chi connectivity index (χ0v) is 12.6. The number of alkyl halides is 3. The lowest BCUT2D eigenvalue weighted by atomic mass is 10.2. The van der Waals surface area contributed by atoms with Crippen molar-refractivity contribution in [3.8, 4) is 0 Å². The van der Waals surface area contributed by atoms with Crippen LogP contribution in [0.2, 0.25) is 5.02 Å². The summed E-state index contributed by atoms with van der Waals surface area (Å²) in [4.78, 5) is 15.7. The fraction of sp³-hybridized carbons (Fsp3) is 0.200. The summed E-state index contributed by atoms with van der Waals surface area (Å²) in [6.07, 6.45) is -1.29. The maximum Gasteiger partial charge on any atom is 0.417 e. The summed E-state index contributed by atoms with van der Waals surface area (Å²) in [7, 11) is 0. The molecule has 0 aliphatic heterocycles. The van der Waals surface area contributed by atoms with Crippen LogP contribution in [-0.2, 0) is 17.5 Å². The Labute approximate surface area is 135 Å². The number of anilines is 1. The van der Waals surface area contributed by atoms with Gasteiger partial charge in [0, 0.05) is 24.6 Å². The number of rotatable bonds is 5. The Morgan fingerprint density at radius 1 is 1.26 bits per heavy atom. The molecule has 0 fully saturated rings. The molecule has 2 rings (SSSR count). The van der Waals surface area contributed by atoms with Crippen molar-refractivity contribution >= 4 is 23.2 Å². The van der Waals surface area contributed by atoms with E-state index in [-0.39, 0.29) is 12.2 Å². The fourth-order valence-corrected chi connectivity index (χ4v) is 2.07. The van der Waals surface area contributed by atoms with Crippen LogP contribution in [0, 0.1) is 0 Å². The maximum absolute atomic E-state index is 12.7. The molecule has 2 N–H and O–H groups in total. The summed E-state index contributed by atoms with van der Waals surface area (Å²) in [5.74, 6) is -0.454. The third-order valence-electron chi connectivity index (χ3n) is 2.89. The van der Waals surface area contributed by atoms with E-state index in [1.807, 2.05) is 6.07 Å². The summed E-state index contributed by atoms with van der Waals surface area (Å²) in [5, 5.41) is 4.86. The van der Waals surface area contributed by atoms with E-state index in [2.05, 4.69) is 15.6 Å². The highest BCUT2D eigenvalue weighted by Crippen LogP contribution is 2.36. The van der Waals surface area contributed by atoms with Gasteiger partial charge in [-0.1, -0.05) is 17.7 Å². The predicted molar refractivity (Wildman–Crippen MR) is 81.0 cm³/mol. The highest BCUT2D eigenvalue weighted by Gasteiger charge is 2.33. The van der Waals surface area contributed by atoms with Crippen LogP contribution in [0.5, 0.6) is 0 Å². The number of aromatic nitrogens is 1. The normalized spacial score (nSPS) is 11.3. The van der Waals surface area contributed by atoms with Crippen LogP contribution in [0.3, 0.4) is 0 Å². The molecule has 0 bridgehead atoms. The quantitative estimate of drug-likeness (QED) is 0.874. The summed E-state index contributed by atoms with van der Waals surface area (Å²) in [5.41, 5.74) is -0.0543. The highest BCUT2D eigenvalue weighted by molar-refractivity contribution is 6.31. The van der Waals surface area contributed by atoms with Crippen LogP contribution >= 0.6 is 11.6 Å². The van der Waals surface area contributed by atoms with Gasteiger partial charge in [-0.25, -0.2) is 0 Å². The van der Waals surface area contributed by atoms with Crippen molar-refractivity contribution in [1.29, 1.82) is 0 Å². The molecule has 0 aliphatic carbocycles. The number of halogens is 4. The molecule has 0 unspecified atom stereocenters. The molecule has 0 atom stereocenters. The number of nitrogens with zero attached hydrogens (tertiary/aromatic N) is 1. The van der Waals surface area contributed by atoms with Gasteiger partial charge in [0.1, 0.15) is 0 Å². The minimum atomic E-state index is -4.57. The van der Waals surface area contributed by atoms with Gasteiger partial charge >= 0.3 is 6.18 Å². The van der Waals surface area contributed by atoms with Crippen molar-refractivity contribution in [3.05, 3.63) is 58.9 Å². The Morgan fingerprint density at radius 3 is 2.70 bits per heavy atom. The van der Waals surface area contributed by atoms with Crippen molar-refractivity contribution in [2.75, 3.05) is 11.9 Å². The van der Waals surface area contributed by atoms with Crippen molar-refractivity contribution in [2.24, 2.45) is 0 Å². The molecule has 1 heterocycles. The summed E-state index contributed by atoms with van der Waals surface area (Å²) < 4.78 is 38.2. The van der Waals surface area contributed by atoms with Crippen LogP contribution in [0.15, 0.2) is 42.7 Å². The van der Waals surface area contributed by atoms with Crippen LogP contribution < -0.4 is 10.6 Å². The molecule has 0 aliphatic rings. The lowest BCUT2D eigenvalue weighted by Crippen LogP contribution is -2.27. The molecule has 0 spiro atoms. The first-order valence-electron chi connectivity index (χ1n) is 6.62. The number of nitrogens with one attached hydrogen (secondary N) is 2. The molecule has 1 amide bonds. The van der Waals surface area contributed by atoms with Crippen molar-refractivity contribution in [3.63, 3.8) is 0 Å². The van der Waals surface area contributed by atoms with E-state index in [0.29, 0.717) is 6.54 Å². The molecule has 2 aromatic rings. The zero-order chi connectivity index (χ0) is 16.9. The van der Waals surface area contributed by atoms with Gasteiger partial charge in [-0.2, -0.15) is 13.2 Å². The average Bonchev–Trinajstić information content (AvgIpc) is 2.49. The monoisotopic (exact) mass is 343 g/mol. The third kappa shape index (κ3) is 5.22. The van der Waals surface area contributed by atoms with E-state index < -0.39 is 22.7 Å². The second-order valence-corrected chi connectivity index (χ2v) is 5.11. The Hall–Kier alpha value is -2.12. The first kappa shape index (κ1) is 17.2. The van der Waals surface area contributed by atoms with E-state index in [1.54, 1.807) is 18.5 Å². The van der Waals surface area contributed by atoms with Crippen LogP contribution in [0.1, 0.15) is 11.1 Å². The molecular formula is C15H13ClF3N3O. The van der Waals surface area contributed by atoms with E-state index in [4.69, 9.17) is 11.6 Å². The second kappa shape index (κ2) is 7.43. The molecule has 0 saturated heterocycles. The Balaban J connectivity index is 1.90. The maximum atomic E-state index is 12.7. The number of hydrogen-bond acceptors (Lipinski definition) is 3. The lowest BCUT2D eigenvalue weighted by Gasteiger charge is -2.12. The largest absolute Gasteiger partial charge is 0.417 e. The van der Waals surface area contributed by atoms with E-state index in [9.17, 15) is 18.0 Å². The van der Waals surface area contributed by atoms with Crippen LogP contribution in [0.4, 0.5) is 18.9 Å². The van der Waals surface area contributed by atoms with Gasteiger partial charge in [0.25, 0.3) is 0 Å². The third-order valence-corrected chi connectivity index (χ3v) is 3.22. The van der Waals surface area contributed by atoms with E-state index in [1.165, 1.54) is 6.07 Å². The Morgan fingerprint density at radius 2 is 2.04 bits per heavy atom. The number of pyridine rings is 1. The molecular weight excluding hydrogens is 331 g/mol. The molecule has 1 aromatic carbocycles. The van der Waals surface area contributed by atoms with Gasteiger partial charge in [0.15, 0.2) is 0 Å². The second-order valence-electron chi connectivity index (χ2n) is 4.71. The molecule has 0 radical (unpaired) electrons. The minimum Gasteiger partial charge on any atom is -0.325 e. The summed E-state index contributed by atoms with van der Waals surface area (Å²) in [6, 6.07) is 6.83. The number of hydrogen-bond donors (Lipinski definition) is 2. The van der Waals surface area contributed by atoms with Gasteiger partial charge in [0.05, 0.1) is 17.1 Å². The Bertz CT molecular complexity index is 677. The molecule has 8 heteroatoms. The SMILES string of the molecule is O=C(CNCc1cccnc1)Nc1ccc(Cl)c(C(F)(F)F)c1. The van der Waals surface area contributed by atoms with Gasteiger partial charge in [-0.05, 0) is 29.8 Å². The molecule has 4 nitrogen and oxygen atoms in total. The smallest absolute Gasteiger partial charge is 0.325 e. The number of benzene rings is 1. The molecule has 122 valence electrons. The standard InChI is InChI=1S/C15H13ClF3N3O/c16-13-4-3-11(6-12(13)15(17,18)19)22-14(23)9-21-8-10-2-1-5-20-7-10/h1-7,21H,8-9H2,(H,22,23). The molecule has 1 aromatic heterocycles. The number of carbonyl (C=O) groups excluding carboxylic acids is 1. The van der Waals surface area contributed by atoms with Crippen LogP contribution in [0.25, 0.3) is 0 Å². The van der Waals surface area contributed by atoms with Crippen molar-refractivity contribution < 1.29 is 18.0 Å². The van der Waals surface area contributed by atoms with E-state index in [0.717, 1.165) is 17.7 Å². The van der Waals surface area contributed by atoms with Crippen LogP contribution in [-0.4, -0.2) is 17.4 Å². The predicted octanol–water partition coefficient (Wildman–Crippen LogP) is 3.48. The summed E-state index contributed by atoms with van der Waals surface area (Å²) in [6.45, 7) is 0.383. The lowest BCUT2D eigenvalue weighted by molar-refractivity contribution is -0.137. The fourth-order valence-electron chi connectivity index (χ4n) is 1.85. The topological polar surface area (TPSA) is 54.0 Å². The Kier molecular flexibility index (Phi) is 5.57. The number of carbonyl (C=O) groups is 1. The van der Waals surface area contributed by atoms with Gasteiger partial charge in [-0.15, -0.1) is 0 Å². The van der Waals surface area contributed by atoms with Gasteiger partial charge < -0.3 is 10.6 Å². The average molecular weight is 344 g/mol. The van der Waals surface area contributed by atoms with Gasteiger partial charge in [-0.3, -0.25) is 9.78 Å². The summed E-state index contributed by atoms with van der Waals surface area (Å²) >= 11 is 5.52. The first-order chi connectivity index (χ1) is 10.9. The van der Waals surface area contributed by atoms with E-state index >= 15 is 0 Å². The minimum absolute atomic E-state index is 0.0369. The highest BCUT2D eigenvalue weighted by atomic mass is 35.5. The van der Waals surface area contributed by atoms with Crippen molar-refractivity contribution in [2.45, 2.75) is 12.7 Å². The molecule has 23 heavy (non-hydrogen) atoms. The molecule has 0 saturated carbocycles. The first-order valence-corrected chi connectivity index (χ1v) is 7.00. The van der Waals surface area contributed by atoms with Crippen molar-refractivity contribution in [1.82, 2.24) is 10.3 Å². The van der Waals surface area contributed by atoms with Gasteiger partial charge in [0.2, 0.25) is 5.91 Å². The number of amides is 1.